The van der Waals surface area contributed by atoms with Crippen LogP contribution in [0.25, 0.3) is 0 Å². The highest BCUT2D eigenvalue weighted by Crippen LogP contribution is 2.20. The lowest BCUT2D eigenvalue weighted by Gasteiger charge is -2.32. The Morgan fingerprint density at radius 1 is 1.59 bits per heavy atom. The number of carboxylic acids is 1. The van der Waals surface area contributed by atoms with Gasteiger partial charge in [-0.1, -0.05) is 6.92 Å². The Morgan fingerprint density at radius 3 is 2.88 bits per heavy atom. The van der Waals surface area contributed by atoms with E-state index in [4.69, 9.17) is 5.11 Å². The molecule has 1 fully saturated rings. The lowest BCUT2D eigenvalue weighted by atomic mass is 10.2. The van der Waals surface area contributed by atoms with Gasteiger partial charge in [0.2, 0.25) is 0 Å². The van der Waals surface area contributed by atoms with Crippen LogP contribution in [0, 0.1) is 0 Å². The molecule has 6 heteroatoms. The summed E-state index contributed by atoms with van der Waals surface area (Å²) in [6, 6.07) is -0.466. The summed E-state index contributed by atoms with van der Waals surface area (Å²) in [5.41, 5.74) is 0. The van der Waals surface area contributed by atoms with E-state index >= 15 is 0 Å². The molecule has 2 unspecified atom stereocenters. The second kappa shape index (κ2) is 6.74. The quantitative estimate of drug-likeness (QED) is 0.801. The second-order valence-electron chi connectivity index (χ2n) is 4.30. The van der Waals surface area contributed by atoms with E-state index < -0.39 is 5.97 Å². The van der Waals surface area contributed by atoms with Gasteiger partial charge in [0, 0.05) is 30.1 Å². The average Bonchev–Trinajstić information content (AvgIpc) is 2.27. The first-order valence-electron chi connectivity index (χ1n) is 5.91. The van der Waals surface area contributed by atoms with Crippen molar-refractivity contribution in [1.82, 2.24) is 10.2 Å². The zero-order chi connectivity index (χ0) is 12.8. The number of thioether (sulfide) groups is 1. The number of carbonyl (C=O) groups is 2. The molecule has 0 aromatic heterocycles. The number of aliphatic carboxylic acids is 1. The number of amides is 2. The molecule has 2 N–H and O–H groups in total. The highest BCUT2D eigenvalue weighted by atomic mass is 32.2. The first kappa shape index (κ1) is 14.2. The zero-order valence-corrected chi connectivity index (χ0v) is 11.1. The number of hydrogen-bond donors (Lipinski definition) is 2. The molecule has 0 aliphatic carbocycles. The number of urea groups is 1. The number of rotatable bonds is 4. The third-order valence-corrected chi connectivity index (χ3v) is 4.10. The van der Waals surface area contributed by atoms with E-state index in [1.807, 2.05) is 11.8 Å². The topological polar surface area (TPSA) is 69.6 Å². The maximum absolute atomic E-state index is 11.9. The van der Waals surface area contributed by atoms with E-state index in [-0.39, 0.29) is 18.5 Å². The minimum absolute atomic E-state index is 0.0362. The fourth-order valence-electron chi connectivity index (χ4n) is 1.77. The Morgan fingerprint density at radius 2 is 2.29 bits per heavy atom. The van der Waals surface area contributed by atoms with E-state index in [0.29, 0.717) is 5.25 Å². The minimum atomic E-state index is -0.890. The molecule has 98 valence electrons. The summed E-state index contributed by atoms with van der Waals surface area (Å²) in [4.78, 5) is 24.1. The van der Waals surface area contributed by atoms with Gasteiger partial charge in [-0.3, -0.25) is 4.79 Å². The molecule has 1 rings (SSSR count). The Labute approximate surface area is 106 Å². The van der Waals surface area contributed by atoms with Gasteiger partial charge >= 0.3 is 12.0 Å². The molecular weight excluding hydrogens is 240 g/mol. The number of nitrogens with zero attached hydrogens (tertiary/aromatic N) is 1. The predicted octanol–water partition coefficient (Wildman–Crippen LogP) is 1.39. The molecule has 0 aromatic carbocycles. The van der Waals surface area contributed by atoms with Gasteiger partial charge in [0.1, 0.15) is 0 Å². The molecule has 0 bridgehead atoms. The molecule has 0 radical (unpaired) electrons. The molecule has 1 aliphatic rings. The van der Waals surface area contributed by atoms with Crippen molar-refractivity contribution >= 4 is 23.8 Å². The fourth-order valence-corrected chi connectivity index (χ4v) is 2.95. The summed E-state index contributed by atoms with van der Waals surface area (Å²) in [6.45, 7) is 5.33. The Hall–Kier alpha value is -0.910. The monoisotopic (exact) mass is 260 g/mol. The van der Waals surface area contributed by atoms with Gasteiger partial charge in [-0.05, 0) is 13.3 Å². The van der Waals surface area contributed by atoms with Crippen LogP contribution in [-0.2, 0) is 4.79 Å². The van der Waals surface area contributed by atoms with Crippen molar-refractivity contribution in [3.8, 4) is 0 Å². The molecule has 2 atom stereocenters. The normalized spacial score (nSPS) is 22.0. The smallest absolute Gasteiger partial charge is 0.317 e. The standard InChI is InChI=1S/C11H20N2O3S/c1-3-9-7-13(4-5-17-9)11(16)12-8(2)6-10(14)15/h8-9H,3-7H2,1-2H3,(H,12,16)(H,14,15). The first-order chi connectivity index (χ1) is 8.02. The van der Waals surface area contributed by atoms with Crippen molar-refractivity contribution in [3.05, 3.63) is 0 Å². The van der Waals surface area contributed by atoms with Crippen molar-refractivity contribution in [2.45, 2.75) is 38.0 Å². The molecule has 5 nitrogen and oxygen atoms in total. The van der Waals surface area contributed by atoms with Gasteiger partial charge in [-0.2, -0.15) is 11.8 Å². The molecule has 1 aliphatic heterocycles. The number of carboxylic acid groups (broad SMARTS) is 1. The van der Waals surface area contributed by atoms with Crippen molar-refractivity contribution in [1.29, 1.82) is 0 Å². The lowest BCUT2D eigenvalue weighted by Crippen LogP contribution is -2.49. The van der Waals surface area contributed by atoms with Gasteiger partial charge < -0.3 is 15.3 Å². The van der Waals surface area contributed by atoms with Crippen molar-refractivity contribution < 1.29 is 14.7 Å². The van der Waals surface area contributed by atoms with Gasteiger partial charge in [0.25, 0.3) is 0 Å². The number of nitrogens with one attached hydrogen (secondary N) is 1. The third-order valence-electron chi connectivity index (χ3n) is 2.73. The minimum Gasteiger partial charge on any atom is -0.481 e. The van der Waals surface area contributed by atoms with Crippen molar-refractivity contribution in [2.75, 3.05) is 18.8 Å². The Balaban J connectivity index is 2.38. The van der Waals surface area contributed by atoms with Crippen LogP contribution >= 0.6 is 11.8 Å². The van der Waals surface area contributed by atoms with Crippen LogP contribution in [0.15, 0.2) is 0 Å². The molecule has 1 saturated heterocycles. The van der Waals surface area contributed by atoms with Crippen molar-refractivity contribution in [2.24, 2.45) is 0 Å². The van der Waals surface area contributed by atoms with Crippen LogP contribution in [0.4, 0.5) is 4.79 Å². The highest BCUT2D eigenvalue weighted by Gasteiger charge is 2.23. The predicted molar refractivity (Wildman–Crippen MR) is 68.4 cm³/mol. The fraction of sp³-hybridized carbons (Fsp3) is 0.818. The maximum atomic E-state index is 11.9. The van der Waals surface area contributed by atoms with E-state index in [1.54, 1.807) is 11.8 Å². The summed E-state index contributed by atoms with van der Waals surface area (Å²) in [5.74, 6) is 0.0672. The van der Waals surface area contributed by atoms with Crippen LogP contribution < -0.4 is 5.32 Å². The summed E-state index contributed by atoms with van der Waals surface area (Å²) >= 11 is 1.90. The van der Waals surface area contributed by atoms with Crippen LogP contribution in [0.3, 0.4) is 0 Å². The third kappa shape index (κ3) is 4.85. The van der Waals surface area contributed by atoms with Gasteiger partial charge in [0.05, 0.1) is 6.42 Å². The van der Waals surface area contributed by atoms with Crippen LogP contribution in [0.2, 0.25) is 0 Å². The van der Waals surface area contributed by atoms with Gasteiger partial charge in [-0.25, -0.2) is 4.79 Å². The largest absolute Gasteiger partial charge is 0.481 e. The van der Waals surface area contributed by atoms with E-state index in [1.165, 1.54) is 0 Å². The number of hydrogen-bond acceptors (Lipinski definition) is 3. The van der Waals surface area contributed by atoms with E-state index in [0.717, 1.165) is 25.3 Å². The highest BCUT2D eigenvalue weighted by molar-refractivity contribution is 8.00. The summed E-state index contributed by atoms with van der Waals surface area (Å²) in [7, 11) is 0. The first-order valence-corrected chi connectivity index (χ1v) is 6.96. The molecule has 17 heavy (non-hydrogen) atoms. The van der Waals surface area contributed by atoms with E-state index in [9.17, 15) is 9.59 Å². The summed E-state index contributed by atoms with van der Waals surface area (Å²) < 4.78 is 0. The second-order valence-corrected chi connectivity index (χ2v) is 5.70. The molecular formula is C11H20N2O3S. The molecule has 0 spiro atoms. The molecule has 1 heterocycles. The Kier molecular flexibility index (Phi) is 5.61. The van der Waals surface area contributed by atoms with Crippen LogP contribution in [0.5, 0.6) is 0 Å². The number of carbonyl (C=O) groups excluding carboxylic acids is 1. The Bertz CT molecular complexity index is 286. The van der Waals surface area contributed by atoms with Crippen LogP contribution in [-0.4, -0.2) is 52.1 Å². The summed E-state index contributed by atoms with van der Waals surface area (Å²) in [5, 5.41) is 11.8. The molecule has 0 saturated carbocycles. The van der Waals surface area contributed by atoms with Crippen molar-refractivity contribution in [3.63, 3.8) is 0 Å². The van der Waals surface area contributed by atoms with E-state index in [2.05, 4.69) is 12.2 Å². The summed E-state index contributed by atoms with van der Waals surface area (Å²) in [6.07, 6.45) is 1.02. The zero-order valence-electron chi connectivity index (χ0n) is 10.3. The van der Waals surface area contributed by atoms with Gasteiger partial charge in [0.15, 0.2) is 0 Å². The SMILES string of the molecule is CCC1CN(C(=O)NC(C)CC(=O)O)CCS1. The molecule has 0 aromatic rings. The van der Waals surface area contributed by atoms with Gasteiger partial charge in [-0.15, -0.1) is 0 Å². The maximum Gasteiger partial charge on any atom is 0.317 e. The molecule has 2 amide bonds. The van der Waals surface area contributed by atoms with Crippen LogP contribution in [0.1, 0.15) is 26.7 Å². The average molecular weight is 260 g/mol. The lowest BCUT2D eigenvalue weighted by molar-refractivity contribution is -0.137.